The molecule has 1 fully saturated rings. The summed E-state index contributed by atoms with van der Waals surface area (Å²) in [4.78, 5) is 13.6. The highest BCUT2D eigenvalue weighted by atomic mass is 16.4. The van der Waals surface area contributed by atoms with Crippen molar-refractivity contribution in [3.05, 3.63) is 0 Å². The second kappa shape index (κ2) is 7.76. The van der Waals surface area contributed by atoms with Crippen LogP contribution in [0.4, 0.5) is 0 Å². The molecule has 1 aliphatic heterocycles. The van der Waals surface area contributed by atoms with Crippen molar-refractivity contribution >= 4 is 13.8 Å². The molecule has 0 aliphatic carbocycles. The zero-order chi connectivity index (χ0) is 13.4. The Morgan fingerprint density at radius 1 is 1.33 bits per heavy atom. The predicted molar refractivity (Wildman–Crippen MR) is 72.9 cm³/mol. The Labute approximate surface area is 111 Å². The Bertz CT molecular complexity index is 260. The molecule has 102 valence electrons. The van der Waals surface area contributed by atoms with Gasteiger partial charge in [0.15, 0.2) is 0 Å². The second-order valence-electron chi connectivity index (χ2n) is 5.05. The number of nitrogens with zero attached hydrogens (tertiary/aromatic N) is 1. The maximum Gasteiger partial charge on any atom is 0.323 e. The number of piperazine rings is 1. The molecule has 4 N–H and O–H groups in total. The fourth-order valence-electron chi connectivity index (χ4n) is 2.22. The van der Waals surface area contributed by atoms with Gasteiger partial charge in [-0.1, -0.05) is 19.2 Å². The van der Waals surface area contributed by atoms with Gasteiger partial charge >= 0.3 is 5.97 Å². The van der Waals surface area contributed by atoms with E-state index in [1.165, 1.54) is 0 Å². The smallest absolute Gasteiger partial charge is 0.323 e. The summed E-state index contributed by atoms with van der Waals surface area (Å²) in [5.74, 6) is -0.894. The Balaban J connectivity index is 2.37. The molecule has 0 aromatic carbocycles. The van der Waals surface area contributed by atoms with Crippen molar-refractivity contribution in [3.63, 3.8) is 0 Å². The quantitative estimate of drug-likeness (QED) is 0.413. The molecule has 0 aromatic rings. The van der Waals surface area contributed by atoms with Crippen molar-refractivity contribution < 1.29 is 9.90 Å². The van der Waals surface area contributed by atoms with E-state index in [0.29, 0.717) is 19.2 Å². The minimum absolute atomic E-state index is 0.506. The minimum atomic E-state index is -1.10. The molecule has 1 atom stereocenters. The lowest BCUT2D eigenvalue weighted by Gasteiger charge is -2.31. The first kappa shape index (κ1) is 15.5. The largest absolute Gasteiger partial charge is 0.480 e. The molecule has 1 aliphatic rings. The van der Waals surface area contributed by atoms with Crippen LogP contribution in [0.15, 0.2) is 0 Å². The van der Waals surface area contributed by atoms with Crippen molar-refractivity contribution in [1.82, 2.24) is 10.2 Å². The van der Waals surface area contributed by atoms with Crippen molar-refractivity contribution in [2.24, 2.45) is 5.73 Å². The number of carboxylic acids is 1. The molecule has 0 aromatic heterocycles. The van der Waals surface area contributed by atoms with Crippen molar-refractivity contribution in [2.75, 3.05) is 32.7 Å². The summed E-state index contributed by atoms with van der Waals surface area (Å²) in [7, 11) is 5.42. The number of unbranched alkanes of at least 4 members (excludes halogenated alkanes) is 1. The average molecular weight is 253 g/mol. The van der Waals surface area contributed by atoms with Gasteiger partial charge in [-0.3, -0.25) is 4.79 Å². The molecule has 5 nitrogen and oxygen atoms in total. The van der Waals surface area contributed by atoms with E-state index in [2.05, 4.69) is 10.2 Å². The van der Waals surface area contributed by atoms with Gasteiger partial charge in [0, 0.05) is 32.7 Å². The van der Waals surface area contributed by atoms with Crippen molar-refractivity contribution in [1.29, 1.82) is 0 Å². The van der Waals surface area contributed by atoms with Gasteiger partial charge in [-0.05, 0) is 12.8 Å². The highest BCUT2D eigenvalue weighted by Crippen LogP contribution is 2.18. The van der Waals surface area contributed by atoms with E-state index in [4.69, 9.17) is 13.6 Å². The number of nitrogens with one attached hydrogen (secondary N) is 1. The molecule has 2 radical (unpaired) electrons. The molecule has 6 heteroatoms. The van der Waals surface area contributed by atoms with Crippen LogP contribution in [0, 0.1) is 0 Å². The van der Waals surface area contributed by atoms with Crippen LogP contribution < -0.4 is 11.1 Å². The number of carboxylic acid groups (broad SMARTS) is 1. The second-order valence-corrected chi connectivity index (χ2v) is 5.05. The normalized spacial score (nSPS) is 20.5. The first-order valence-corrected chi connectivity index (χ1v) is 6.74. The lowest BCUT2D eigenvalue weighted by Crippen LogP contribution is -2.52. The molecule has 1 heterocycles. The monoisotopic (exact) mass is 253 g/mol. The van der Waals surface area contributed by atoms with Crippen LogP contribution in [-0.2, 0) is 4.79 Å². The number of rotatable bonds is 8. The van der Waals surface area contributed by atoms with E-state index in [1.807, 2.05) is 0 Å². The van der Waals surface area contributed by atoms with Gasteiger partial charge in [-0.25, -0.2) is 0 Å². The summed E-state index contributed by atoms with van der Waals surface area (Å²) in [5, 5.41) is 12.5. The fraction of sp³-hybridized carbons (Fsp3) is 0.917. The number of hydrogen-bond acceptors (Lipinski definition) is 4. The summed E-state index contributed by atoms with van der Waals surface area (Å²) < 4.78 is 0. The van der Waals surface area contributed by atoms with Gasteiger partial charge in [-0.15, -0.1) is 0 Å². The highest BCUT2D eigenvalue weighted by Gasteiger charge is 2.33. The minimum Gasteiger partial charge on any atom is -0.480 e. The maximum absolute atomic E-state index is 11.3. The van der Waals surface area contributed by atoms with Crippen LogP contribution in [0.1, 0.15) is 25.7 Å². The van der Waals surface area contributed by atoms with Gasteiger partial charge in [0.1, 0.15) is 5.54 Å². The van der Waals surface area contributed by atoms with Gasteiger partial charge in [-0.2, -0.15) is 0 Å². The summed E-state index contributed by atoms with van der Waals surface area (Å²) in [6, 6.07) is 0. The van der Waals surface area contributed by atoms with Gasteiger partial charge < -0.3 is 21.1 Å². The molecular formula is C12H24BN3O2. The zero-order valence-corrected chi connectivity index (χ0v) is 11.0. The third-order valence-corrected chi connectivity index (χ3v) is 3.59. The first-order chi connectivity index (χ1) is 8.58. The SMILES string of the molecule is [B]CCCCC(N)(CCN1CCNCC1)C(=O)O. The number of hydrogen-bond donors (Lipinski definition) is 3. The lowest BCUT2D eigenvalue weighted by molar-refractivity contribution is -0.144. The van der Waals surface area contributed by atoms with Gasteiger partial charge in [0.2, 0.25) is 0 Å². The maximum atomic E-state index is 11.3. The van der Waals surface area contributed by atoms with Crippen LogP contribution in [0.2, 0.25) is 6.32 Å². The molecule has 0 spiro atoms. The Morgan fingerprint density at radius 3 is 2.56 bits per heavy atom. The van der Waals surface area contributed by atoms with Crippen molar-refractivity contribution in [3.8, 4) is 0 Å². The Morgan fingerprint density at radius 2 is 2.00 bits per heavy atom. The van der Waals surface area contributed by atoms with Crippen LogP contribution >= 0.6 is 0 Å². The number of nitrogens with two attached hydrogens (primary N) is 1. The van der Waals surface area contributed by atoms with E-state index < -0.39 is 11.5 Å². The van der Waals surface area contributed by atoms with Gasteiger partial charge in [0.05, 0.1) is 7.85 Å². The van der Waals surface area contributed by atoms with E-state index >= 15 is 0 Å². The molecule has 0 bridgehead atoms. The van der Waals surface area contributed by atoms with Gasteiger partial charge in [0.25, 0.3) is 0 Å². The van der Waals surface area contributed by atoms with Crippen LogP contribution in [0.25, 0.3) is 0 Å². The standard InChI is InChI=1S/C12H24BN3O2/c13-5-2-1-3-12(14,11(17)18)4-8-16-9-6-15-7-10-16/h15H,1-10,14H2,(H,17,18). The summed E-state index contributed by atoms with van der Waals surface area (Å²) in [6.07, 6.45) is 3.22. The van der Waals surface area contributed by atoms with E-state index in [9.17, 15) is 9.90 Å². The molecule has 0 amide bonds. The lowest BCUT2D eigenvalue weighted by atomic mass is 9.88. The summed E-state index contributed by atoms with van der Waals surface area (Å²) in [5.41, 5.74) is 4.92. The molecule has 1 unspecified atom stereocenters. The number of carbonyl (C=O) groups is 1. The Kier molecular flexibility index (Phi) is 6.67. The molecule has 1 saturated heterocycles. The van der Waals surface area contributed by atoms with E-state index in [1.54, 1.807) is 0 Å². The molecule has 18 heavy (non-hydrogen) atoms. The molecule has 0 saturated carbocycles. The average Bonchev–Trinajstić information content (AvgIpc) is 2.38. The zero-order valence-electron chi connectivity index (χ0n) is 11.0. The first-order valence-electron chi connectivity index (χ1n) is 6.74. The Hall–Kier alpha value is -0.585. The third-order valence-electron chi connectivity index (χ3n) is 3.59. The summed E-state index contributed by atoms with van der Waals surface area (Å²) >= 11 is 0. The fourth-order valence-corrected chi connectivity index (χ4v) is 2.22. The highest BCUT2D eigenvalue weighted by molar-refractivity contribution is 6.08. The van der Waals surface area contributed by atoms with Crippen molar-refractivity contribution in [2.45, 2.75) is 37.5 Å². The number of aliphatic carboxylic acids is 1. The topological polar surface area (TPSA) is 78.6 Å². The third kappa shape index (κ3) is 4.96. The van der Waals surface area contributed by atoms with Crippen LogP contribution in [0.5, 0.6) is 0 Å². The predicted octanol–water partition coefficient (Wildman–Crippen LogP) is -0.179. The van der Waals surface area contributed by atoms with Crippen LogP contribution in [-0.4, -0.2) is 62.1 Å². The van der Waals surface area contributed by atoms with Crippen LogP contribution in [0.3, 0.4) is 0 Å². The van der Waals surface area contributed by atoms with E-state index in [-0.39, 0.29) is 0 Å². The molecule has 1 rings (SSSR count). The summed E-state index contributed by atoms with van der Waals surface area (Å²) in [6.45, 7) is 4.64. The van der Waals surface area contributed by atoms with E-state index in [0.717, 1.165) is 45.6 Å². The molecular weight excluding hydrogens is 229 g/mol.